The van der Waals surface area contributed by atoms with Crippen LogP contribution in [0.3, 0.4) is 0 Å². The monoisotopic (exact) mass is 610 g/mol. The number of aryl methyl sites for hydroxylation is 3. The molecule has 4 aromatic heterocycles. The van der Waals surface area contributed by atoms with Crippen LogP contribution >= 0.6 is 15.9 Å². The molecule has 206 valence electrons. The number of hydrogen-bond acceptors (Lipinski definition) is 9. The Labute approximate surface area is 226 Å². The van der Waals surface area contributed by atoms with Crippen molar-refractivity contribution in [3.63, 3.8) is 0 Å². The van der Waals surface area contributed by atoms with Gasteiger partial charge >= 0.3 is 12.1 Å². The van der Waals surface area contributed by atoms with E-state index in [-0.39, 0.29) is 5.56 Å². The van der Waals surface area contributed by atoms with E-state index in [4.69, 9.17) is 14.4 Å². The van der Waals surface area contributed by atoms with Crippen molar-refractivity contribution in [1.82, 2.24) is 34.3 Å². The summed E-state index contributed by atoms with van der Waals surface area (Å²) in [5.74, 6) is 0.0134. The highest BCUT2D eigenvalue weighted by atomic mass is 79.9. The second kappa shape index (κ2) is 11.8. The van der Waals surface area contributed by atoms with E-state index in [0.717, 1.165) is 36.0 Å². The maximum absolute atomic E-state index is 13.3. The van der Waals surface area contributed by atoms with E-state index in [2.05, 4.69) is 53.2 Å². The molecule has 0 atom stereocenters. The molecule has 0 fully saturated rings. The van der Waals surface area contributed by atoms with Gasteiger partial charge in [0, 0.05) is 43.8 Å². The zero-order valence-corrected chi connectivity index (χ0v) is 22.1. The van der Waals surface area contributed by atoms with Crippen molar-refractivity contribution < 1.29 is 27.6 Å². The van der Waals surface area contributed by atoms with Crippen LogP contribution in [-0.2, 0) is 30.6 Å². The molecule has 0 aliphatic carbocycles. The SMILES string of the molecule is CCCCCn1c2c(c(=O)n3c(CCc4noc(-c5ccncc5)n4)nnc13)CC(Br)=N2.O=C(O)C(F)(F)F. The number of fused-ring (bicyclic) bond motifs is 2. The summed E-state index contributed by atoms with van der Waals surface area (Å²) in [4.78, 5) is 35.1. The molecule has 5 heterocycles. The number of alkyl halides is 3. The number of halogens is 4. The van der Waals surface area contributed by atoms with Gasteiger partial charge in [0.2, 0.25) is 5.78 Å². The van der Waals surface area contributed by atoms with Gasteiger partial charge in [-0.05, 0) is 34.5 Å². The number of rotatable bonds is 8. The van der Waals surface area contributed by atoms with Crippen molar-refractivity contribution in [2.75, 3.05) is 0 Å². The van der Waals surface area contributed by atoms with Crippen molar-refractivity contribution in [3.8, 4) is 11.5 Å². The zero-order chi connectivity index (χ0) is 28.2. The highest BCUT2D eigenvalue weighted by Gasteiger charge is 2.38. The summed E-state index contributed by atoms with van der Waals surface area (Å²) in [5.41, 5.74) is 1.36. The summed E-state index contributed by atoms with van der Waals surface area (Å²) in [7, 11) is 0. The molecule has 0 saturated heterocycles. The molecule has 0 aromatic carbocycles. The number of carboxylic acids is 1. The fourth-order valence-corrected chi connectivity index (χ4v) is 4.29. The van der Waals surface area contributed by atoms with Crippen molar-refractivity contribution in [1.29, 1.82) is 0 Å². The summed E-state index contributed by atoms with van der Waals surface area (Å²) in [5, 5.41) is 19.9. The summed E-state index contributed by atoms with van der Waals surface area (Å²) in [6.07, 6.45) is 2.87. The Balaban J connectivity index is 0.000000448. The van der Waals surface area contributed by atoms with E-state index in [1.807, 2.05) is 16.7 Å². The Morgan fingerprint density at radius 1 is 1.18 bits per heavy atom. The summed E-state index contributed by atoms with van der Waals surface area (Å²) < 4.78 is 41.5. The zero-order valence-electron chi connectivity index (χ0n) is 20.5. The quantitative estimate of drug-likeness (QED) is 0.292. The standard InChI is InChI=1S/C21H21BrN8O2.C2HF3O2/c1-2-3-4-11-29-18-14(12-15(22)24-18)20(31)30-17(26-27-21(29)30)6-5-16-25-19(32-28-16)13-7-9-23-10-8-13;3-2(4,5)1(6)7/h7-10H,2-6,11-12H2,1H3;(H,6,7). The van der Waals surface area contributed by atoms with Gasteiger partial charge in [0.1, 0.15) is 11.6 Å². The van der Waals surface area contributed by atoms with Crippen molar-refractivity contribution in [2.24, 2.45) is 4.99 Å². The third-order valence-electron chi connectivity index (χ3n) is 5.69. The molecule has 1 aliphatic rings. The van der Waals surface area contributed by atoms with Crippen LogP contribution in [-0.4, -0.2) is 56.2 Å². The molecule has 12 nitrogen and oxygen atoms in total. The number of pyridine rings is 1. The lowest BCUT2D eigenvalue weighted by Gasteiger charge is -2.12. The number of hydrogen-bond donors (Lipinski definition) is 1. The van der Waals surface area contributed by atoms with Gasteiger partial charge in [-0.2, -0.15) is 18.2 Å². The second-order valence-corrected chi connectivity index (χ2v) is 9.35. The Kier molecular flexibility index (Phi) is 8.52. The average Bonchev–Trinajstić information content (AvgIpc) is 3.64. The van der Waals surface area contributed by atoms with Gasteiger partial charge in [-0.25, -0.2) is 14.2 Å². The Bertz CT molecular complexity index is 1560. The van der Waals surface area contributed by atoms with Gasteiger partial charge in [-0.15, -0.1) is 10.2 Å². The van der Waals surface area contributed by atoms with E-state index >= 15 is 0 Å². The Morgan fingerprint density at radius 3 is 2.56 bits per heavy atom. The molecule has 1 N–H and O–H groups in total. The van der Waals surface area contributed by atoms with Crippen LogP contribution in [0.1, 0.15) is 43.4 Å². The van der Waals surface area contributed by atoms with Gasteiger partial charge < -0.3 is 9.63 Å². The van der Waals surface area contributed by atoms with Crippen LogP contribution in [0.2, 0.25) is 0 Å². The van der Waals surface area contributed by atoms with Crippen LogP contribution in [0, 0.1) is 0 Å². The first-order valence-corrected chi connectivity index (χ1v) is 12.6. The van der Waals surface area contributed by atoms with E-state index in [0.29, 0.717) is 54.0 Å². The largest absolute Gasteiger partial charge is 0.490 e. The molecule has 0 unspecified atom stereocenters. The predicted octanol–water partition coefficient (Wildman–Crippen LogP) is 3.93. The molecule has 4 aromatic rings. The number of aliphatic imine (C=N–C) groups is 1. The van der Waals surface area contributed by atoms with E-state index in [1.54, 1.807) is 16.8 Å². The highest BCUT2D eigenvalue weighted by Crippen LogP contribution is 2.28. The minimum atomic E-state index is -5.08. The minimum Gasteiger partial charge on any atom is -0.475 e. The summed E-state index contributed by atoms with van der Waals surface area (Å²) in [6, 6.07) is 3.62. The fourth-order valence-electron chi connectivity index (χ4n) is 3.84. The smallest absolute Gasteiger partial charge is 0.475 e. The lowest BCUT2D eigenvalue weighted by atomic mass is 10.2. The number of aromatic nitrogens is 7. The first kappa shape index (κ1) is 28.1. The number of carboxylic acid groups (broad SMARTS) is 1. The Hall–Kier alpha value is -3.95. The van der Waals surface area contributed by atoms with Crippen LogP contribution in [0.5, 0.6) is 0 Å². The van der Waals surface area contributed by atoms with E-state index < -0.39 is 12.1 Å². The van der Waals surface area contributed by atoms with Crippen LogP contribution in [0.25, 0.3) is 17.2 Å². The maximum atomic E-state index is 13.3. The molecule has 0 saturated carbocycles. The van der Waals surface area contributed by atoms with Gasteiger partial charge in [-0.1, -0.05) is 24.9 Å². The topological polar surface area (TPSA) is 154 Å². The number of carbonyl (C=O) groups is 1. The average molecular weight is 611 g/mol. The predicted molar refractivity (Wildman–Crippen MR) is 135 cm³/mol. The fraction of sp³-hybridized carbons (Fsp3) is 0.391. The molecule has 39 heavy (non-hydrogen) atoms. The Morgan fingerprint density at radius 2 is 1.90 bits per heavy atom. The molecular formula is C23H22BrF3N8O4. The van der Waals surface area contributed by atoms with Crippen molar-refractivity contribution >= 4 is 38.1 Å². The second-order valence-electron chi connectivity index (χ2n) is 8.44. The molecule has 5 rings (SSSR count). The third kappa shape index (κ3) is 6.38. The normalized spacial score (nSPS) is 12.7. The first-order valence-electron chi connectivity index (χ1n) is 11.9. The molecule has 0 radical (unpaired) electrons. The van der Waals surface area contributed by atoms with E-state index in [9.17, 15) is 18.0 Å². The maximum Gasteiger partial charge on any atom is 0.490 e. The van der Waals surface area contributed by atoms with Crippen LogP contribution < -0.4 is 5.56 Å². The van der Waals surface area contributed by atoms with Gasteiger partial charge in [0.15, 0.2) is 5.82 Å². The molecule has 16 heteroatoms. The summed E-state index contributed by atoms with van der Waals surface area (Å²) >= 11 is 3.45. The van der Waals surface area contributed by atoms with E-state index in [1.165, 1.54) is 0 Å². The molecule has 1 aliphatic heterocycles. The number of nitrogens with zero attached hydrogens (tertiary/aromatic N) is 8. The summed E-state index contributed by atoms with van der Waals surface area (Å²) in [6.45, 7) is 2.90. The highest BCUT2D eigenvalue weighted by molar-refractivity contribution is 9.18. The lowest BCUT2D eigenvalue weighted by molar-refractivity contribution is -0.192. The van der Waals surface area contributed by atoms with Crippen LogP contribution in [0.15, 0.2) is 38.8 Å². The van der Waals surface area contributed by atoms with Crippen molar-refractivity contribution in [2.45, 2.75) is 58.2 Å². The van der Waals surface area contributed by atoms with Gasteiger partial charge in [0.05, 0.1) is 10.2 Å². The molecule has 0 amide bonds. The number of aliphatic carboxylic acids is 1. The van der Waals surface area contributed by atoms with Crippen molar-refractivity contribution in [3.05, 3.63) is 52.1 Å². The molecule has 0 spiro atoms. The van der Waals surface area contributed by atoms with Gasteiger partial charge in [0.25, 0.3) is 11.4 Å². The molecule has 0 bridgehead atoms. The first-order chi connectivity index (χ1) is 18.6. The number of unbranched alkanes of at least 4 members (excludes halogenated alkanes) is 2. The van der Waals surface area contributed by atoms with Crippen LogP contribution in [0.4, 0.5) is 19.0 Å². The lowest BCUT2D eigenvalue weighted by Crippen LogP contribution is -2.24. The minimum absolute atomic E-state index is 0.120. The third-order valence-corrected chi connectivity index (χ3v) is 6.14. The molecular weight excluding hydrogens is 589 g/mol. The van der Waals surface area contributed by atoms with Gasteiger partial charge in [-0.3, -0.25) is 14.3 Å².